The van der Waals surface area contributed by atoms with E-state index in [1.807, 2.05) is 0 Å². The van der Waals surface area contributed by atoms with Crippen molar-refractivity contribution in [3.8, 4) is 0 Å². The minimum absolute atomic E-state index is 0.0544. The monoisotopic (exact) mass is 529 g/mol. The molecule has 0 saturated carbocycles. The number of nitrogens with zero attached hydrogens (tertiary/aromatic N) is 3. The topological polar surface area (TPSA) is 136 Å². The van der Waals surface area contributed by atoms with Gasteiger partial charge in [-0.3, -0.25) is 13.9 Å². The van der Waals surface area contributed by atoms with Crippen molar-refractivity contribution in [3.63, 3.8) is 0 Å². The zero-order valence-corrected chi connectivity index (χ0v) is 21.9. The number of hydrogen-bond donors (Lipinski definition) is 2. The molecule has 0 spiro atoms. The van der Waals surface area contributed by atoms with Gasteiger partial charge in [-0.25, -0.2) is 23.2 Å². The van der Waals surface area contributed by atoms with Crippen LogP contribution in [0, 0.1) is 5.92 Å². The van der Waals surface area contributed by atoms with Crippen molar-refractivity contribution < 1.29 is 33.0 Å². The van der Waals surface area contributed by atoms with Gasteiger partial charge in [0.25, 0.3) is 5.91 Å². The van der Waals surface area contributed by atoms with Crippen molar-refractivity contribution in [2.75, 3.05) is 6.26 Å². The summed E-state index contributed by atoms with van der Waals surface area (Å²) in [4.78, 5) is 39.1. The predicted molar refractivity (Wildman–Crippen MR) is 137 cm³/mol. The van der Waals surface area contributed by atoms with E-state index in [9.17, 15) is 33.0 Å². The van der Waals surface area contributed by atoms with Crippen molar-refractivity contribution in [2.45, 2.75) is 45.4 Å². The third kappa shape index (κ3) is 6.00. The van der Waals surface area contributed by atoms with Crippen molar-refractivity contribution in [1.29, 1.82) is 0 Å². The fourth-order valence-corrected chi connectivity index (χ4v) is 5.43. The van der Waals surface area contributed by atoms with Crippen LogP contribution >= 0.6 is 0 Å². The highest BCUT2D eigenvalue weighted by atomic mass is 32.2. The third-order valence-corrected chi connectivity index (χ3v) is 7.15. The Morgan fingerprint density at radius 3 is 2.03 bits per heavy atom. The molecule has 2 aromatic carbocycles. The number of carbonyl (C=O) groups is 3. The summed E-state index contributed by atoms with van der Waals surface area (Å²) in [6.45, 7) is 4.51. The maximum Gasteiger partial charge on any atom is 0.334 e. The number of benzene rings is 2. The number of amides is 2. The number of aliphatic carboxylic acids is 1. The highest BCUT2D eigenvalue weighted by Gasteiger charge is 2.47. The van der Waals surface area contributed by atoms with E-state index in [0.717, 1.165) is 27.5 Å². The zero-order chi connectivity index (χ0) is 27.5. The van der Waals surface area contributed by atoms with E-state index >= 15 is 0 Å². The van der Waals surface area contributed by atoms with Gasteiger partial charge in [0.2, 0.25) is 15.9 Å². The number of rotatable bonds is 9. The van der Waals surface area contributed by atoms with Crippen LogP contribution in [-0.2, 0) is 30.8 Å². The summed E-state index contributed by atoms with van der Waals surface area (Å²) in [5, 5.41) is 22.4. The Morgan fingerprint density at radius 2 is 1.57 bits per heavy atom. The molecule has 1 aliphatic heterocycles. The average molecular weight is 530 g/mol. The summed E-state index contributed by atoms with van der Waals surface area (Å²) in [5.74, 6) is -3.51. The molecule has 2 unspecified atom stereocenters. The molecule has 37 heavy (non-hydrogen) atoms. The van der Waals surface area contributed by atoms with E-state index in [1.54, 1.807) is 74.5 Å². The second-order valence-corrected chi connectivity index (χ2v) is 11.1. The van der Waals surface area contributed by atoms with Gasteiger partial charge in [0.05, 0.1) is 18.0 Å². The Balaban J connectivity index is 2.29. The highest BCUT2D eigenvalue weighted by Crippen LogP contribution is 2.34. The lowest BCUT2D eigenvalue weighted by Crippen LogP contribution is -2.64. The number of hydrazine groups is 1. The van der Waals surface area contributed by atoms with Crippen LogP contribution in [0.25, 0.3) is 5.70 Å². The molecule has 3 rings (SSSR count). The molecule has 0 radical (unpaired) electrons. The first-order valence-electron chi connectivity index (χ1n) is 11.7. The second kappa shape index (κ2) is 11.1. The molecule has 0 fully saturated rings. The molecule has 0 saturated heterocycles. The molecular weight excluding hydrogens is 498 g/mol. The Hall–Kier alpha value is -3.70. The van der Waals surface area contributed by atoms with Crippen molar-refractivity contribution in [1.82, 2.24) is 14.3 Å². The summed E-state index contributed by atoms with van der Waals surface area (Å²) < 4.78 is 26.4. The minimum atomic E-state index is -3.90. The van der Waals surface area contributed by atoms with Gasteiger partial charge >= 0.3 is 5.97 Å². The molecule has 198 valence electrons. The summed E-state index contributed by atoms with van der Waals surface area (Å²) in [6, 6.07) is 14.5. The van der Waals surface area contributed by atoms with E-state index in [0.29, 0.717) is 11.1 Å². The number of aliphatic hydroxyl groups is 1. The number of sulfonamides is 1. The number of hydrogen-bond acceptors (Lipinski definition) is 6. The maximum absolute atomic E-state index is 14.1. The van der Waals surface area contributed by atoms with Gasteiger partial charge in [-0.2, -0.15) is 0 Å². The van der Waals surface area contributed by atoms with Crippen LogP contribution in [0.5, 0.6) is 0 Å². The van der Waals surface area contributed by atoms with Crippen LogP contribution in [0.4, 0.5) is 0 Å². The Labute approximate surface area is 216 Å². The van der Waals surface area contributed by atoms with E-state index in [2.05, 4.69) is 0 Å². The van der Waals surface area contributed by atoms with Gasteiger partial charge in [-0.1, -0.05) is 74.5 Å². The predicted octanol–water partition coefficient (Wildman–Crippen LogP) is 1.93. The number of carboxylic acid groups (broad SMARTS) is 1. The number of aliphatic hydroxyl groups excluding tert-OH is 1. The zero-order valence-electron chi connectivity index (χ0n) is 21.1. The molecule has 2 amide bonds. The minimum Gasteiger partial charge on any atom is -0.479 e. The lowest BCUT2D eigenvalue weighted by atomic mass is 9.98. The Bertz CT molecular complexity index is 1280. The molecular formula is C26H31N3O7S. The van der Waals surface area contributed by atoms with E-state index in [4.69, 9.17) is 0 Å². The van der Waals surface area contributed by atoms with Crippen molar-refractivity contribution >= 4 is 33.5 Å². The van der Waals surface area contributed by atoms with Gasteiger partial charge in [0.1, 0.15) is 6.04 Å². The summed E-state index contributed by atoms with van der Waals surface area (Å²) in [6.07, 6.45) is 0.139. The molecule has 2 aromatic rings. The number of carboxylic acids is 1. The molecule has 10 nitrogen and oxygen atoms in total. The van der Waals surface area contributed by atoms with Gasteiger partial charge in [-0.15, -0.1) is 0 Å². The Kier molecular flexibility index (Phi) is 8.39. The van der Waals surface area contributed by atoms with Crippen LogP contribution in [0.1, 0.15) is 31.9 Å². The molecule has 11 heteroatoms. The largest absolute Gasteiger partial charge is 0.479 e. The van der Waals surface area contributed by atoms with E-state index in [-0.39, 0.29) is 12.1 Å². The third-order valence-electron chi connectivity index (χ3n) is 6.06. The summed E-state index contributed by atoms with van der Waals surface area (Å²) >= 11 is 0. The first-order valence-corrected chi connectivity index (χ1v) is 13.5. The van der Waals surface area contributed by atoms with E-state index in [1.165, 1.54) is 6.20 Å². The first-order chi connectivity index (χ1) is 17.3. The number of carbonyl (C=O) groups excluding carboxylic acids is 2. The fourth-order valence-electron chi connectivity index (χ4n) is 4.39. The molecule has 0 bridgehead atoms. The standard InChI is InChI=1S/C26H31N3O7S/c1-17(2)23-25(32)29(22(16-27(23)37(4,35)36)20-13-9-6-10-14-20)28(18(3)30)21(24(31)26(33)34)15-19-11-7-5-8-12-19/h5-14,16-17,21,23-24,31H,15H2,1-4H3,(H,33,34)/t21-,23?,24?/m0/s1. The van der Waals surface area contributed by atoms with Crippen molar-refractivity contribution in [2.24, 2.45) is 5.92 Å². The average Bonchev–Trinajstić information content (AvgIpc) is 2.83. The summed E-state index contributed by atoms with van der Waals surface area (Å²) in [7, 11) is -3.90. The molecule has 1 aliphatic rings. The van der Waals surface area contributed by atoms with Crippen molar-refractivity contribution in [3.05, 3.63) is 78.0 Å². The van der Waals surface area contributed by atoms with Gasteiger partial charge in [-0.05, 0) is 17.9 Å². The van der Waals surface area contributed by atoms with Crippen LogP contribution in [0.3, 0.4) is 0 Å². The van der Waals surface area contributed by atoms with Gasteiger partial charge in [0, 0.05) is 18.7 Å². The van der Waals surface area contributed by atoms with Crippen LogP contribution < -0.4 is 0 Å². The highest BCUT2D eigenvalue weighted by molar-refractivity contribution is 7.88. The normalized spacial score (nSPS) is 17.8. The molecule has 3 atom stereocenters. The van der Waals surface area contributed by atoms with Gasteiger partial charge < -0.3 is 10.2 Å². The second-order valence-electron chi connectivity index (χ2n) is 9.22. The molecule has 1 heterocycles. The SMILES string of the molecule is CC(=O)N([C@@H](Cc1ccccc1)C(O)C(=O)O)N1C(=O)C(C(C)C)N(S(C)(=O)=O)C=C1c1ccccc1. The first kappa shape index (κ1) is 27.9. The summed E-state index contributed by atoms with van der Waals surface area (Å²) in [5.41, 5.74) is 1.10. The lowest BCUT2D eigenvalue weighted by Gasteiger charge is -2.47. The fraction of sp³-hybridized carbons (Fsp3) is 0.346. The smallest absolute Gasteiger partial charge is 0.334 e. The van der Waals surface area contributed by atoms with Gasteiger partial charge in [0.15, 0.2) is 6.10 Å². The molecule has 2 N–H and O–H groups in total. The maximum atomic E-state index is 14.1. The quantitative estimate of drug-likeness (QED) is 0.507. The molecule has 0 aromatic heterocycles. The van der Waals surface area contributed by atoms with E-state index < -0.39 is 51.9 Å². The van der Waals surface area contributed by atoms with Crippen LogP contribution in [-0.4, -0.2) is 75.2 Å². The van der Waals surface area contributed by atoms with Crippen LogP contribution in [0.15, 0.2) is 66.9 Å². The Morgan fingerprint density at radius 1 is 1.03 bits per heavy atom. The van der Waals surface area contributed by atoms with Crippen LogP contribution in [0.2, 0.25) is 0 Å². The lowest BCUT2D eigenvalue weighted by molar-refractivity contribution is -0.173. The molecule has 0 aliphatic carbocycles.